The molecule has 1 aliphatic heterocycles. The van der Waals surface area contributed by atoms with Crippen LogP contribution in [0.25, 0.3) is 0 Å². The number of amides is 1. The van der Waals surface area contributed by atoms with Crippen molar-refractivity contribution in [1.29, 1.82) is 0 Å². The van der Waals surface area contributed by atoms with Crippen LogP contribution in [-0.2, 0) is 4.79 Å². The summed E-state index contributed by atoms with van der Waals surface area (Å²) in [7, 11) is 0. The Morgan fingerprint density at radius 1 is 1.44 bits per heavy atom. The van der Waals surface area contributed by atoms with Crippen LogP contribution in [0.3, 0.4) is 0 Å². The Bertz CT molecular complexity index is 393. The molecule has 5 nitrogen and oxygen atoms in total. The van der Waals surface area contributed by atoms with Gasteiger partial charge in [0.1, 0.15) is 0 Å². The third-order valence-electron chi connectivity index (χ3n) is 3.06. The van der Waals surface area contributed by atoms with Crippen molar-refractivity contribution in [1.82, 2.24) is 15.3 Å². The largest absolute Gasteiger partial charge is 0.354 e. The van der Waals surface area contributed by atoms with E-state index in [-0.39, 0.29) is 17.9 Å². The summed E-state index contributed by atoms with van der Waals surface area (Å²) < 4.78 is 0. The summed E-state index contributed by atoms with van der Waals surface area (Å²) in [6.07, 6.45) is 5.43. The van der Waals surface area contributed by atoms with Crippen LogP contribution in [0.5, 0.6) is 0 Å². The van der Waals surface area contributed by atoms with E-state index in [4.69, 9.17) is 0 Å². The van der Waals surface area contributed by atoms with Crippen molar-refractivity contribution >= 4 is 11.9 Å². The summed E-state index contributed by atoms with van der Waals surface area (Å²) in [5, 5.41) is 2.98. The number of aromatic nitrogens is 2. The molecule has 0 radical (unpaired) electrons. The summed E-state index contributed by atoms with van der Waals surface area (Å²) >= 11 is 0. The second kappa shape index (κ2) is 5.80. The molecule has 0 unspecified atom stereocenters. The molecule has 1 amide bonds. The van der Waals surface area contributed by atoms with Crippen LogP contribution in [0.2, 0.25) is 0 Å². The number of hydrogen-bond donors (Lipinski definition) is 1. The van der Waals surface area contributed by atoms with Gasteiger partial charge < -0.3 is 10.2 Å². The molecule has 2 rings (SSSR count). The molecule has 1 saturated heterocycles. The first-order valence-corrected chi connectivity index (χ1v) is 6.49. The summed E-state index contributed by atoms with van der Waals surface area (Å²) in [5.74, 6) is 0.912. The molecule has 2 heterocycles. The van der Waals surface area contributed by atoms with E-state index in [0.717, 1.165) is 25.3 Å². The Hall–Kier alpha value is -1.65. The molecule has 18 heavy (non-hydrogen) atoms. The van der Waals surface area contributed by atoms with Gasteiger partial charge in [-0.1, -0.05) is 0 Å². The van der Waals surface area contributed by atoms with Crippen molar-refractivity contribution in [2.45, 2.75) is 32.7 Å². The first kappa shape index (κ1) is 12.8. The predicted octanol–water partition coefficient (Wildman–Crippen LogP) is 1.22. The number of hydrogen-bond acceptors (Lipinski definition) is 4. The molecule has 0 spiro atoms. The highest BCUT2D eigenvalue weighted by Gasteiger charge is 2.27. The second-order valence-corrected chi connectivity index (χ2v) is 5.00. The quantitative estimate of drug-likeness (QED) is 0.873. The Balaban J connectivity index is 1.98. The highest BCUT2D eigenvalue weighted by atomic mass is 16.2. The summed E-state index contributed by atoms with van der Waals surface area (Å²) in [6.45, 7) is 5.61. The summed E-state index contributed by atoms with van der Waals surface area (Å²) in [6, 6.07) is 2.00. The number of carbonyl (C=O) groups is 1. The van der Waals surface area contributed by atoms with Crippen LogP contribution in [0.4, 0.5) is 5.95 Å². The molecule has 1 N–H and O–H groups in total. The zero-order chi connectivity index (χ0) is 13.0. The van der Waals surface area contributed by atoms with Crippen molar-refractivity contribution in [3.8, 4) is 0 Å². The Morgan fingerprint density at radius 2 is 2.17 bits per heavy atom. The van der Waals surface area contributed by atoms with Crippen LogP contribution < -0.4 is 10.2 Å². The number of rotatable bonds is 3. The maximum atomic E-state index is 12.0. The van der Waals surface area contributed by atoms with Gasteiger partial charge in [-0.2, -0.15) is 0 Å². The molecule has 1 aromatic heterocycles. The molecule has 1 aromatic rings. The molecule has 0 aliphatic carbocycles. The monoisotopic (exact) mass is 248 g/mol. The Labute approximate surface area is 108 Å². The van der Waals surface area contributed by atoms with Crippen LogP contribution in [0, 0.1) is 5.92 Å². The third kappa shape index (κ3) is 3.18. The molecule has 98 valence electrons. The van der Waals surface area contributed by atoms with E-state index in [1.54, 1.807) is 18.5 Å². The van der Waals surface area contributed by atoms with E-state index < -0.39 is 0 Å². The molecular weight excluding hydrogens is 228 g/mol. The van der Waals surface area contributed by atoms with E-state index >= 15 is 0 Å². The van der Waals surface area contributed by atoms with E-state index in [1.165, 1.54) is 0 Å². The number of nitrogens with zero attached hydrogens (tertiary/aromatic N) is 3. The zero-order valence-electron chi connectivity index (χ0n) is 11.0. The minimum absolute atomic E-state index is 0.0463. The van der Waals surface area contributed by atoms with Crippen LogP contribution in [0.1, 0.15) is 26.7 Å². The summed E-state index contributed by atoms with van der Waals surface area (Å²) in [5.41, 5.74) is 0. The van der Waals surface area contributed by atoms with E-state index in [2.05, 4.69) is 20.2 Å². The lowest BCUT2D eigenvalue weighted by atomic mass is 9.97. The lowest BCUT2D eigenvalue weighted by Crippen LogP contribution is -2.45. The molecule has 5 heteroatoms. The van der Waals surface area contributed by atoms with Gasteiger partial charge in [-0.05, 0) is 32.8 Å². The lowest BCUT2D eigenvalue weighted by molar-refractivity contribution is -0.125. The Kier molecular flexibility index (Phi) is 4.12. The van der Waals surface area contributed by atoms with Gasteiger partial charge in [0.25, 0.3) is 0 Å². The normalized spacial score (nSPS) is 19.9. The van der Waals surface area contributed by atoms with Gasteiger partial charge in [-0.3, -0.25) is 4.79 Å². The smallest absolute Gasteiger partial charge is 0.225 e. The van der Waals surface area contributed by atoms with Crippen molar-refractivity contribution in [2.24, 2.45) is 5.92 Å². The first-order valence-electron chi connectivity index (χ1n) is 6.49. The average Bonchev–Trinajstić information content (AvgIpc) is 2.39. The highest BCUT2D eigenvalue weighted by molar-refractivity contribution is 5.79. The van der Waals surface area contributed by atoms with Gasteiger partial charge in [-0.15, -0.1) is 0 Å². The molecular formula is C13H20N4O. The predicted molar refractivity (Wildman–Crippen MR) is 70.2 cm³/mol. The number of nitrogens with one attached hydrogen (secondary N) is 1. The van der Waals surface area contributed by atoms with Crippen LogP contribution in [-0.4, -0.2) is 35.0 Å². The third-order valence-corrected chi connectivity index (χ3v) is 3.06. The van der Waals surface area contributed by atoms with Gasteiger partial charge in [0.15, 0.2) is 0 Å². The fourth-order valence-electron chi connectivity index (χ4n) is 2.23. The highest BCUT2D eigenvalue weighted by Crippen LogP contribution is 2.20. The van der Waals surface area contributed by atoms with Crippen molar-refractivity contribution in [2.75, 3.05) is 18.0 Å². The minimum atomic E-state index is 0.0463. The van der Waals surface area contributed by atoms with Gasteiger partial charge >= 0.3 is 0 Å². The molecule has 0 aromatic carbocycles. The maximum Gasteiger partial charge on any atom is 0.225 e. The minimum Gasteiger partial charge on any atom is -0.354 e. The number of anilines is 1. The van der Waals surface area contributed by atoms with Gasteiger partial charge in [0, 0.05) is 31.5 Å². The molecule has 1 atom stereocenters. The molecule has 1 fully saturated rings. The van der Waals surface area contributed by atoms with Crippen molar-refractivity contribution in [3.05, 3.63) is 18.5 Å². The van der Waals surface area contributed by atoms with E-state index in [1.807, 2.05) is 13.8 Å². The first-order chi connectivity index (χ1) is 8.66. The van der Waals surface area contributed by atoms with Crippen molar-refractivity contribution < 1.29 is 4.79 Å². The molecule has 0 bridgehead atoms. The average molecular weight is 248 g/mol. The van der Waals surface area contributed by atoms with E-state index in [0.29, 0.717) is 6.54 Å². The van der Waals surface area contributed by atoms with Gasteiger partial charge in [0.05, 0.1) is 5.92 Å². The lowest BCUT2D eigenvalue weighted by Gasteiger charge is -2.32. The Morgan fingerprint density at radius 3 is 2.83 bits per heavy atom. The molecule has 0 saturated carbocycles. The van der Waals surface area contributed by atoms with Crippen molar-refractivity contribution in [3.63, 3.8) is 0 Å². The topological polar surface area (TPSA) is 58.1 Å². The number of piperidine rings is 1. The second-order valence-electron chi connectivity index (χ2n) is 5.00. The van der Waals surface area contributed by atoms with Crippen LogP contribution in [0.15, 0.2) is 18.5 Å². The number of carbonyl (C=O) groups excluding carboxylic acids is 1. The SMILES string of the molecule is CC(C)NC(=O)[C@@H]1CCCN(c2ncccn2)C1. The maximum absolute atomic E-state index is 12.0. The van der Waals surface area contributed by atoms with Gasteiger partial charge in [-0.25, -0.2) is 9.97 Å². The standard InChI is InChI=1S/C13H20N4O/c1-10(2)16-12(18)11-5-3-8-17(9-11)13-14-6-4-7-15-13/h4,6-7,10-11H,3,5,8-9H2,1-2H3,(H,16,18)/t11-/m1/s1. The summed E-state index contributed by atoms with van der Waals surface area (Å²) in [4.78, 5) is 22.6. The van der Waals surface area contributed by atoms with Crippen LogP contribution >= 0.6 is 0 Å². The fourth-order valence-corrected chi connectivity index (χ4v) is 2.23. The van der Waals surface area contributed by atoms with E-state index in [9.17, 15) is 4.79 Å². The fraction of sp³-hybridized carbons (Fsp3) is 0.615. The van der Waals surface area contributed by atoms with Gasteiger partial charge in [0.2, 0.25) is 11.9 Å². The zero-order valence-corrected chi connectivity index (χ0v) is 11.0. The molecule has 1 aliphatic rings.